The summed E-state index contributed by atoms with van der Waals surface area (Å²) in [5, 5.41) is 13.5. The van der Waals surface area contributed by atoms with Crippen LogP contribution in [0.4, 0.5) is 11.8 Å². The highest BCUT2D eigenvalue weighted by atomic mass is 32.2. The van der Waals surface area contributed by atoms with Crippen molar-refractivity contribution >= 4 is 29.5 Å². The molecule has 0 saturated carbocycles. The van der Waals surface area contributed by atoms with Crippen LogP contribution in [0.1, 0.15) is 21.5 Å². The smallest absolute Gasteiger partial charge is 0.342 e. The Morgan fingerprint density at radius 1 is 1.00 bits per heavy atom. The van der Waals surface area contributed by atoms with E-state index in [0.717, 1.165) is 12.0 Å². The highest BCUT2D eigenvalue weighted by molar-refractivity contribution is 7.98. The maximum absolute atomic E-state index is 12.0. The first kappa shape index (κ1) is 20.7. The molecule has 0 unspecified atom stereocenters. The molecule has 0 atom stereocenters. The van der Waals surface area contributed by atoms with E-state index >= 15 is 0 Å². The van der Waals surface area contributed by atoms with Crippen LogP contribution in [-0.4, -0.2) is 41.7 Å². The van der Waals surface area contributed by atoms with E-state index in [0.29, 0.717) is 29.1 Å². The topological polar surface area (TPSA) is 78.4 Å². The zero-order valence-corrected chi connectivity index (χ0v) is 17.3. The van der Waals surface area contributed by atoms with Gasteiger partial charge in [0.15, 0.2) is 0 Å². The van der Waals surface area contributed by atoms with Crippen molar-refractivity contribution in [2.75, 3.05) is 30.9 Å². The molecule has 3 rings (SSSR count). The summed E-state index contributed by atoms with van der Waals surface area (Å²) in [4.78, 5) is 22.7. The molecule has 0 bridgehead atoms. The number of nitrogens with zero attached hydrogens (tertiary/aromatic N) is 3. The number of carbonyl (C=O) groups is 1. The first-order chi connectivity index (χ1) is 14.0. The summed E-state index contributed by atoms with van der Waals surface area (Å²) in [6.07, 6.45) is 0.772. The van der Waals surface area contributed by atoms with Crippen molar-refractivity contribution in [3.63, 3.8) is 0 Å². The van der Waals surface area contributed by atoms with Gasteiger partial charge < -0.3 is 15.3 Å². The summed E-state index contributed by atoms with van der Waals surface area (Å²) in [6.45, 7) is 0.580. The Labute approximate surface area is 175 Å². The molecule has 3 aromatic rings. The van der Waals surface area contributed by atoms with Gasteiger partial charge in [-0.25, -0.2) is 9.78 Å². The third kappa shape index (κ3) is 5.71. The first-order valence-corrected chi connectivity index (χ1v) is 10.3. The molecule has 2 aromatic carbocycles. The van der Waals surface area contributed by atoms with Gasteiger partial charge in [-0.2, -0.15) is 4.98 Å². The van der Waals surface area contributed by atoms with Gasteiger partial charge in [0.2, 0.25) is 5.95 Å². The van der Waals surface area contributed by atoms with Crippen LogP contribution in [-0.2, 0) is 12.2 Å². The number of aromatic nitrogens is 2. The highest BCUT2D eigenvalue weighted by Gasteiger charge is 2.21. The molecule has 1 aromatic heterocycles. The van der Waals surface area contributed by atoms with Crippen molar-refractivity contribution in [2.24, 2.45) is 0 Å². The molecule has 0 fully saturated rings. The minimum atomic E-state index is -1.03. The Balaban J connectivity index is 1.84. The molecular formula is C22H24N4O2S. The predicted octanol–water partition coefficient (Wildman–Crippen LogP) is 4.19. The van der Waals surface area contributed by atoms with Gasteiger partial charge in [0.25, 0.3) is 0 Å². The van der Waals surface area contributed by atoms with E-state index in [1.807, 2.05) is 74.8 Å². The second-order valence-electron chi connectivity index (χ2n) is 6.69. The zero-order valence-electron chi connectivity index (χ0n) is 16.5. The van der Waals surface area contributed by atoms with E-state index in [1.54, 1.807) is 4.90 Å². The van der Waals surface area contributed by atoms with Gasteiger partial charge >= 0.3 is 5.97 Å². The molecule has 0 aliphatic carbocycles. The average Bonchev–Trinajstić information content (AvgIpc) is 2.73. The summed E-state index contributed by atoms with van der Waals surface area (Å²) in [7, 11) is 3.68. The van der Waals surface area contributed by atoms with E-state index in [1.165, 1.54) is 17.3 Å². The third-order valence-corrected chi connectivity index (χ3v) is 5.29. The predicted molar refractivity (Wildman–Crippen MR) is 118 cm³/mol. The SMILES string of the molecule is CN(C)c1nc(NCCc2ccccc2)c(C(=O)O)c(SCc2ccccc2)n1. The summed E-state index contributed by atoms with van der Waals surface area (Å²) in [5.41, 5.74) is 2.40. The van der Waals surface area contributed by atoms with E-state index in [2.05, 4.69) is 15.3 Å². The fourth-order valence-electron chi connectivity index (χ4n) is 2.75. The lowest BCUT2D eigenvalue weighted by Gasteiger charge is -2.17. The highest BCUT2D eigenvalue weighted by Crippen LogP contribution is 2.30. The van der Waals surface area contributed by atoms with Crippen LogP contribution in [0, 0.1) is 0 Å². The lowest BCUT2D eigenvalue weighted by Crippen LogP contribution is -2.19. The molecule has 0 saturated heterocycles. The van der Waals surface area contributed by atoms with Gasteiger partial charge in [-0.1, -0.05) is 60.7 Å². The monoisotopic (exact) mass is 408 g/mol. The number of thioether (sulfide) groups is 1. The second-order valence-corrected chi connectivity index (χ2v) is 7.65. The molecule has 150 valence electrons. The van der Waals surface area contributed by atoms with Gasteiger partial charge in [0.05, 0.1) is 0 Å². The Bertz CT molecular complexity index is 950. The summed E-state index contributed by atoms with van der Waals surface area (Å²) >= 11 is 1.41. The Hall–Kier alpha value is -3.06. The number of hydrogen-bond acceptors (Lipinski definition) is 6. The maximum atomic E-state index is 12.0. The van der Waals surface area contributed by atoms with Crippen molar-refractivity contribution in [3.05, 3.63) is 77.4 Å². The van der Waals surface area contributed by atoms with Crippen molar-refractivity contribution in [2.45, 2.75) is 17.2 Å². The van der Waals surface area contributed by atoms with Crippen LogP contribution in [0.5, 0.6) is 0 Å². The number of rotatable bonds is 9. The van der Waals surface area contributed by atoms with Crippen LogP contribution in [0.25, 0.3) is 0 Å². The summed E-state index contributed by atoms with van der Waals surface area (Å²) in [6, 6.07) is 20.0. The van der Waals surface area contributed by atoms with Crippen LogP contribution < -0.4 is 10.2 Å². The molecular weight excluding hydrogens is 384 g/mol. The minimum absolute atomic E-state index is 0.115. The molecule has 29 heavy (non-hydrogen) atoms. The number of aromatic carboxylic acids is 1. The molecule has 0 aliphatic rings. The van der Waals surface area contributed by atoms with Gasteiger partial charge in [-0.05, 0) is 17.5 Å². The zero-order chi connectivity index (χ0) is 20.6. The van der Waals surface area contributed by atoms with E-state index in [9.17, 15) is 9.90 Å². The summed E-state index contributed by atoms with van der Waals surface area (Å²) < 4.78 is 0. The number of nitrogens with one attached hydrogen (secondary N) is 1. The first-order valence-electron chi connectivity index (χ1n) is 9.32. The fraction of sp³-hybridized carbons (Fsp3) is 0.227. The standard InChI is InChI=1S/C22H24N4O2S/c1-26(2)22-24-19(23-14-13-16-9-5-3-6-10-16)18(21(27)28)20(25-22)29-15-17-11-7-4-8-12-17/h3-12H,13-15H2,1-2H3,(H,27,28)(H,23,24,25). The molecule has 6 nitrogen and oxygen atoms in total. The van der Waals surface area contributed by atoms with Crippen LogP contribution in [0.3, 0.4) is 0 Å². The number of carboxylic acids is 1. The number of carboxylic acid groups (broad SMARTS) is 1. The maximum Gasteiger partial charge on any atom is 0.342 e. The van der Waals surface area contributed by atoms with E-state index < -0.39 is 5.97 Å². The number of hydrogen-bond donors (Lipinski definition) is 2. The number of benzene rings is 2. The van der Waals surface area contributed by atoms with Crippen LogP contribution in [0.2, 0.25) is 0 Å². The van der Waals surface area contributed by atoms with Crippen molar-refractivity contribution < 1.29 is 9.90 Å². The quantitative estimate of drug-likeness (QED) is 0.406. The van der Waals surface area contributed by atoms with E-state index in [4.69, 9.17) is 0 Å². The molecule has 2 N–H and O–H groups in total. The van der Waals surface area contributed by atoms with Gasteiger partial charge in [-0.15, -0.1) is 11.8 Å². The van der Waals surface area contributed by atoms with Crippen LogP contribution in [0.15, 0.2) is 65.7 Å². The van der Waals surface area contributed by atoms with Crippen molar-refractivity contribution in [3.8, 4) is 0 Å². The lowest BCUT2D eigenvalue weighted by molar-refractivity contribution is 0.0693. The normalized spacial score (nSPS) is 10.6. The number of anilines is 2. The Morgan fingerprint density at radius 3 is 2.21 bits per heavy atom. The second kappa shape index (κ2) is 9.93. The molecule has 0 radical (unpaired) electrons. The van der Waals surface area contributed by atoms with Crippen LogP contribution >= 0.6 is 11.8 Å². The molecule has 7 heteroatoms. The Morgan fingerprint density at radius 2 is 1.62 bits per heavy atom. The van der Waals surface area contributed by atoms with Gasteiger partial charge in [-0.3, -0.25) is 0 Å². The molecule has 0 spiro atoms. The molecule has 0 amide bonds. The largest absolute Gasteiger partial charge is 0.477 e. The average molecular weight is 409 g/mol. The third-order valence-electron chi connectivity index (χ3n) is 4.25. The Kier molecular flexibility index (Phi) is 7.08. The van der Waals surface area contributed by atoms with Crippen molar-refractivity contribution in [1.29, 1.82) is 0 Å². The molecule has 1 heterocycles. The minimum Gasteiger partial charge on any atom is -0.477 e. The van der Waals surface area contributed by atoms with Crippen molar-refractivity contribution in [1.82, 2.24) is 9.97 Å². The van der Waals surface area contributed by atoms with Gasteiger partial charge in [0.1, 0.15) is 16.4 Å². The molecule has 0 aliphatic heterocycles. The van der Waals surface area contributed by atoms with E-state index in [-0.39, 0.29) is 5.56 Å². The summed E-state index contributed by atoms with van der Waals surface area (Å²) in [5.74, 6) is 0.428. The fourth-order valence-corrected chi connectivity index (χ4v) is 3.72. The van der Waals surface area contributed by atoms with Gasteiger partial charge in [0, 0.05) is 26.4 Å². The lowest BCUT2D eigenvalue weighted by atomic mass is 10.1.